The highest BCUT2D eigenvalue weighted by atomic mass is 32.1. The molecule has 0 bridgehead atoms. The summed E-state index contributed by atoms with van der Waals surface area (Å²) in [4.78, 5) is 1.27. The van der Waals surface area contributed by atoms with Crippen molar-refractivity contribution in [3.8, 4) is 0 Å². The molecule has 3 N–H and O–H groups in total. The molecule has 2 rings (SSSR count). The fourth-order valence-corrected chi connectivity index (χ4v) is 3.12. The Morgan fingerprint density at radius 1 is 1.64 bits per heavy atom. The molecule has 0 saturated heterocycles. The SMILES string of the molecule is NC1CCCC(O)(Cc2cccs2)C1. The van der Waals surface area contributed by atoms with Crippen LogP contribution in [-0.4, -0.2) is 16.7 Å². The van der Waals surface area contributed by atoms with Gasteiger partial charge in [0.2, 0.25) is 0 Å². The van der Waals surface area contributed by atoms with Gasteiger partial charge in [-0.25, -0.2) is 0 Å². The fourth-order valence-electron chi connectivity index (χ4n) is 2.28. The molecule has 0 spiro atoms. The highest BCUT2D eigenvalue weighted by Gasteiger charge is 2.33. The minimum atomic E-state index is -0.539. The second-order valence-electron chi connectivity index (χ2n) is 4.34. The topological polar surface area (TPSA) is 46.2 Å². The molecule has 0 aromatic carbocycles. The molecule has 0 amide bonds. The number of thiophene rings is 1. The molecule has 0 radical (unpaired) electrons. The second-order valence-corrected chi connectivity index (χ2v) is 5.37. The number of hydrogen-bond donors (Lipinski definition) is 2. The lowest BCUT2D eigenvalue weighted by Gasteiger charge is -2.35. The van der Waals surface area contributed by atoms with E-state index in [9.17, 15) is 5.11 Å². The maximum atomic E-state index is 10.3. The highest BCUT2D eigenvalue weighted by Crippen LogP contribution is 2.31. The fraction of sp³-hybridized carbons (Fsp3) is 0.636. The maximum absolute atomic E-state index is 10.3. The summed E-state index contributed by atoms with van der Waals surface area (Å²) in [5.41, 5.74) is 5.34. The third-order valence-corrected chi connectivity index (χ3v) is 3.82. The first kappa shape index (κ1) is 10.1. The van der Waals surface area contributed by atoms with Gasteiger partial charge in [-0.05, 0) is 37.1 Å². The summed E-state index contributed by atoms with van der Waals surface area (Å²) in [6, 6.07) is 4.31. The lowest BCUT2D eigenvalue weighted by Crippen LogP contribution is -2.42. The zero-order chi connectivity index (χ0) is 10.0. The van der Waals surface area contributed by atoms with Crippen LogP contribution in [0.2, 0.25) is 0 Å². The van der Waals surface area contributed by atoms with E-state index in [1.54, 1.807) is 11.3 Å². The van der Waals surface area contributed by atoms with Crippen molar-refractivity contribution in [1.29, 1.82) is 0 Å². The summed E-state index contributed by atoms with van der Waals surface area (Å²) in [6.45, 7) is 0. The van der Waals surface area contributed by atoms with Crippen LogP contribution in [0.5, 0.6) is 0 Å². The first-order valence-electron chi connectivity index (χ1n) is 5.18. The van der Waals surface area contributed by atoms with Crippen LogP contribution < -0.4 is 5.73 Å². The third kappa shape index (κ3) is 2.35. The Labute approximate surface area is 88.8 Å². The number of nitrogens with two attached hydrogens (primary N) is 1. The quantitative estimate of drug-likeness (QED) is 0.785. The summed E-state index contributed by atoms with van der Waals surface area (Å²) >= 11 is 1.72. The van der Waals surface area contributed by atoms with Crippen LogP contribution >= 0.6 is 11.3 Å². The van der Waals surface area contributed by atoms with Crippen LogP contribution in [0.25, 0.3) is 0 Å². The molecule has 1 aromatic rings. The van der Waals surface area contributed by atoms with E-state index in [0.717, 1.165) is 32.1 Å². The van der Waals surface area contributed by atoms with Crippen LogP contribution in [0.1, 0.15) is 30.6 Å². The van der Waals surface area contributed by atoms with Gasteiger partial charge >= 0.3 is 0 Å². The molecule has 1 heterocycles. The van der Waals surface area contributed by atoms with Crippen LogP contribution in [0.15, 0.2) is 17.5 Å². The van der Waals surface area contributed by atoms with Crippen molar-refractivity contribution < 1.29 is 5.11 Å². The lowest BCUT2D eigenvalue weighted by atomic mass is 9.80. The Morgan fingerprint density at radius 3 is 3.14 bits per heavy atom. The van der Waals surface area contributed by atoms with Gasteiger partial charge in [0.25, 0.3) is 0 Å². The Balaban J connectivity index is 2.01. The van der Waals surface area contributed by atoms with Gasteiger partial charge in [0.05, 0.1) is 5.60 Å². The van der Waals surface area contributed by atoms with Crippen molar-refractivity contribution in [1.82, 2.24) is 0 Å². The predicted octanol–water partition coefficient (Wildman–Crippen LogP) is 1.92. The molecule has 14 heavy (non-hydrogen) atoms. The van der Waals surface area contributed by atoms with Crippen molar-refractivity contribution in [3.05, 3.63) is 22.4 Å². The van der Waals surface area contributed by atoms with E-state index in [1.807, 2.05) is 6.07 Å². The van der Waals surface area contributed by atoms with E-state index >= 15 is 0 Å². The predicted molar refractivity (Wildman–Crippen MR) is 59.4 cm³/mol. The average molecular weight is 211 g/mol. The zero-order valence-corrected chi connectivity index (χ0v) is 9.09. The average Bonchev–Trinajstić information content (AvgIpc) is 2.55. The molecule has 2 atom stereocenters. The third-order valence-electron chi connectivity index (χ3n) is 2.94. The van der Waals surface area contributed by atoms with Gasteiger partial charge in [-0.3, -0.25) is 0 Å². The monoisotopic (exact) mass is 211 g/mol. The van der Waals surface area contributed by atoms with Gasteiger partial charge in [-0.1, -0.05) is 6.07 Å². The molecule has 1 aromatic heterocycles. The normalized spacial score (nSPS) is 33.1. The molecular formula is C11H17NOS. The van der Waals surface area contributed by atoms with Gasteiger partial charge in [0.1, 0.15) is 0 Å². The lowest BCUT2D eigenvalue weighted by molar-refractivity contribution is -0.00123. The number of hydrogen-bond acceptors (Lipinski definition) is 3. The molecule has 1 aliphatic carbocycles. The summed E-state index contributed by atoms with van der Waals surface area (Å²) in [5.74, 6) is 0. The van der Waals surface area contributed by atoms with E-state index < -0.39 is 5.60 Å². The van der Waals surface area contributed by atoms with Crippen molar-refractivity contribution in [3.63, 3.8) is 0 Å². The smallest absolute Gasteiger partial charge is 0.0710 e. The summed E-state index contributed by atoms with van der Waals surface area (Å²) < 4.78 is 0. The molecule has 0 aliphatic heterocycles. The van der Waals surface area contributed by atoms with Gasteiger partial charge < -0.3 is 10.8 Å². The molecule has 2 nitrogen and oxygen atoms in total. The molecular weight excluding hydrogens is 194 g/mol. The van der Waals surface area contributed by atoms with E-state index in [2.05, 4.69) is 11.4 Å². The Kier molecular flexibility index (Phi) is 2.91. The van der Waals surface area contributed by atoms with Gasteiger partial charge in [0, 0.05) is 17.3 Å². The van der Waals surface area contributed by atoms with E-state index in [0.29, 0.717) is 0 Å². The van der Waals surface area contributed by atoms with Crippen LogP contribution in [-0.2, 0) is 6.42 Å². The number of rotatable bonds is 2. The van der Waals surface area contributed by atoms with Crippen LogP contribution in [0, 0.1) is 0 Å². The maximum Gasteiger partial charge on any atom is 0.0710 e. The van der Waals surface area contributed by atoms with Gasteiger partial charge in [0.15, 0.2) is 0 Å². The second kappa shape index (κ2) is 4.01. The largest absolute Gasteiger partial charge is 0.389 e. The Hall–Kier alpha value is -0.380. The molecule has 78 valence electrons. The number of aliphatic hydroxyl groups is 1. The minimum absolute atomic E-state index is 0.189. The van der Waals surface area contributed by atoms with Crippen LogP contribution in [0.3, 0.4) is 0 Å². The summed E-state index contributed by atoms with van der Waals surface area (Å²) in [6.07, 6.45) is 4.55. The molecule has 1 fully saturated rings. The summed E-state index contributed by atoms with van der Waals surface area (Å²) in [7, 11) is 0. The van der Waals surface area contributed by atoms with E-state index in [-0.39, 0.29) is 6.04 Å². The van der Waals surface area contributed by atoms with Crippen molar-refractivity contribution >= 4 is 11.3 Å². The zero-order valence-electron chi connectivity index (χ0n) is 8.28. The minimum Gasteiger partial charge on any atom is -0.389 e. The Morgan fingerprint density at radius 2 is 2.50 bits per heavy atom. The van der Waals surface area contributed by atoms with Gasteiger partial charge in [-0.2, -0.15) is 0 Å². The first-order valence-corrected chi connectivity index (χ1v) is 6.06. The van der Waals surface area contributed by atoms with Gasteiger partial charge in [-0.15, -0.1) is 11.3 Å². The highest BCUT2D eigenvalue weighted by molar-refractivity contribution is 7.09. The molecule has 2 unspecified atom stereocenters. The van der Waals surface area contributed by atoms with Crippen molar-refractivity contribution in [2.24, 2.45) is 5.73 Å². The molecule has 3 heteroatoms. The molecule has 1 aliphatic rings. The molecule has 1 saturated carbocycles. The summed E-state index contributed by atoms with van der Waals surface area (Å²) in [5, 5.41) is 12.4. The van der Waals surface area contributed by atoms with Crippen molar-refractivity contribution in [2.75, 3.05) is 0 Å². The van der Waals surface area contributed by atoms with Crippen LogP contribution in [0.4, 0.5) is 0 Å². The van der Waals surface area contributed by atoms with E-state index in [1.165, 1.54) is 4.88 Å². The standard InChI is InChI=1S/C11H17NOS/c12-9-3-1-5-11(13,7-9)8-10-4-2-6-14-10/h2,4,6,9,13H,1,3,5,7-8,12H2. The Bertz CT molecular complexity index is 285. The van der Waals surface area contributed by atoms with E-state index in [4.69, 9.17) is 5.73 Å². The van der Waals surface area contributed by atoms with Crippen molar-refractivity contribution in [2.45, 2.75) is 43.7 Å². The first-order chi connectivity index (χ1) is 6.68.